The second kappa shape index (κ2) is 5.54. The number of anilines is 1. The van der Waals surface area contributed by atoms with Gasteiger partial charge in [-0.15, -0.1) is 0 Å². The highest BCUT2D eigenvalue weighted by Crippen LogP contribution is 2.37. The van der Waals surface area contributed by atoms with E-state index in [4.69, 9.17) is 9.47 Å². The monoisotopic (exact) mass is 273 g/mol. The third-order valence-corrected chi connectivity index (χ3v) is 3.23. The Labute approximate surface area is 118 Å². The highest BCUT2D eigenvalue weighted by Gasteiger charge is 2.15. The van der Waals surface area contributed by atoms with Crippen molar-refractivity contribution in [2.75, 3.05) is 25.2 Å². The summed E-state index contributed by atoms with van der Waals surface area (Å²) < 4.78 is 10.8. The highest BCUT2D eigenvalue weighted by atomic mass is 16.7. The second-order valence-electron chi connectivity index (χ2n) is 5.12. The fourth-order valence-corrected chi connectivity index (χ4v) is 2.24. The van der Waals surface area contributed by atoms with Crippen molar-refractivity contribution in [2.45, 2.75) is 19.9 Å². The maximum absolute atomic E-state index is 5.43. The van der Waals surface area contributed by atoms with Gasteiger partial charge in [-0.25, -0.2) is 4.98 Å². The van der Waals surface area contributed by atoms with E-state index in [-0.39, 0.29) is 0 Å². The topological polar surface area (TPSA) is 55.4 Å². The smallest absolute Gasteiger partial charge is 0.231 e. The first-order chi connectivity index (χ1) is 9.74. The molecule has 2 aromatic rings. The molecule has 20 heavy (non-hydrogen) atoms. The molecule has 3 rings (SSSR count). The standard InChI is InChI=1S/C15H19N3O2/c1-10(2)16-5-6-18-15-12-8-14-13(19-9-20-14)7-11(12)3-4-17-15/h3-4,7-8,10,16H,5-6,9H2,1-2H3,(H,17,18). The van der Waals surface area contributed by atoms with Crippen LogP contribution in [0.1, 0.15) is 13.8 Å². The van der Waals surface area contributed by atoms with Crippen LogP contribution in [-0.4, -0.2) is 30.9 Å². The molecule has 0 radical (unpaired) electrons. The van der Waals surface area contributed by atoms with Crippen LogP contribution < -0.4 is 20.1 Å². The van der Waals surface area contributed by atoms with Crippen molar-refractivity contribution in [3.05, 3.63) is 24.4 Å². The van der Waals surface area contributed by atoms with Gasteiger partial charge in [0.05, 0.1) is 0 Å². The predicted molar refractivity (Wildman–Crippen MR) is 79.5 cm³/mol. The molecule has 0 spiro atoms. The molecule has 0 atom stereocenters. The van der Waals surface area contributed by atoms with Crippen molar-refractivity contribution in [1.29, 1.82) is 0 Å². The molecule has 1 aromatic carbocycles. The van der Waals surface area contributed by atoms with E-state index in [9.17, 15) is 0 Å². The molecule has 1 aliphatic rings. The molecular formula is C15H19N3O2. The first-order valence-electron chi connectivity index (χ1n) is 6.89. The molecule has 106 valence electrons. The lowest BCUT2D eigenvalue weighted by molar-refractivity contribution is 0.174. The zero-order valence-electron chi connectivity index (χ0n) is 11.8. The molecule has 2 heterocycles. The summed E-state index contributed by atoms with van der Waals surface area (Å²) in [6, 6.07) is 6.46. The third kappa shape index (κ3) is 2.63. The highest BCUT2D eigenvalue weighted by molar-refractivity contribution is 5.94. The van der Waals surface area contributed by atoms with E-state index in [1.54, 1.807) is 0 Å². The summed E-state index contributed by atoms with van der Waals surface area (Å²) in [6.07, 6.45) is 1.81. The summed E-state index contributed by atoms with van der Waals surface area (Å²) in [5.74, 6) is 2.47. The summed E-state index contributed by atoms with van der Waals surface area (Å²) in [7, 11) is 0. The second-order valence-corrected chi connectivity index (χ2v) is 5.12. The minimum atomic E-state index is 0.292. The normalized spacial score (nSPS) is 13.2. The van der Waals surface area contributed by atoms with Gasteiger partial charge in [-0.1, -0.05) is 13.8 Å². The Morgan fingerprint density at radius 1 is 1.20 bits per heavy atom. The number of benzene rings is 1. The fraction of sp³-hybridized carbons (Fsp3) is 0.400. The summed E-state index contributed by atoms with van der Waals surface area (Å²) >= 11 is 0. The van der Waals surface area contributed by atoms with Crippen LogP contribution in [0.4, 0.5) is 5.82 Å². The van der Waals surface area contributed by atoms with Crippen LogP contribution in [0.3, 0.4) is 0 Å². The van der Waals surface area contributed by atoms with E-state index in [1.807, 2.05) is 24.4 Å². The molecular weight excluding hydrogens is 254 g/mol. The van der Waals surface area contributed by atoms with Crippen molar-refractivity contribution in [1.82, 2.24) is 10.3 Å². The number of fused-ring (bicyclic) bond motifs is 2. The lowest BCUT2D eigenvalue weighted by Crippen LogP contribution is -2.28. The van der Waals surface area contributed by atoms with Crippen LogP contribution in [-0.2, 0) is 0 Å². The van der Waals surface area contributed by atoms with Gasteiger partial charge in [-0.2, -0.15) is 0 Å². The van der Waals surface area contributed by atoms with Gasteiger partial charge in [0.2, 0.25) is 6.79 Å². The van der Waals surface area contributed by atoms with Gasteiger partial charge >= 0.3 is 0 Å². The molecule has 0 bridgehead atoms. The van der Waals surface area contributed by atoms with Gasteiger partial charge in [-0.3, -0.25) is 0 Å². The summed E-state index contributed by atoms with van der Waals surface area (Å²) in [5, 5.41) is 8.89. The SMILES string of the molecule is CC(C)NCCNc1nccc2cc3c(cc12)OCO3. The average Bonchev–Trinajstić information content (AvgIpc) is 2.88. The zero-order chi connectivity index (χ0) is 13.9. The Hall–Kier alpha value is -2.01. The van der Waals surface area contributed by atoms with E-state index >= 15 is 0 Å². The van der Waals surface area contributed by atoms with Crippen LogP contribution in [0.25, 0.3) is 10.8 Å². The molecule has 0 saturated heterocycles. The Balaban J connectivity index is 1.80. The van der Waals surface area contributed by atoms with Gasteiger partial charge in [0, 0.05) is 30.7 Å². The molecule has 1 aromatic heterocycles. The number of ether oxygens (including phenoxy) is 2. The number of nitrogens with zero attached hydrogens (tertiary/aromatic N) is 1. The zero-order valence-corrected chi connectivity index (χ0v) is 11.8. The van der Waals surface area contributed by atoms with E-state index in [2.05, 4.69) is 29.5 Å². The first-order valence-corrected chi connectivity index (χ1v) is 6.89. The summed E-state index contributed by atoms with van der Waals surface area (Å²) in [5.41, 5.74) is 0. The molecule has 2 N–H and O–H groups in total. The molecule has 0 fully saturated rings. The Morgan fingerprint density at radius 3 is 2.80 bits per heavy atom. The van der Waals surface area contributed by atoms with Crippen molar-refractivity contribution in [2.24, 2.45) is 0 Å². The van der Waals surface area contributed by atoms with E-state index in [1.165, 1.54) is 0 Å². The number of pyridine rings is 1. The van der Waals surface area contributed by atoms with Crippen LogP contribution in [0.5, 0.6) is 11.5 Å². The van der Waals surface area contributed by atoms with Crippen molar-refractivity contribution in [3.8, 4) is 11.5 Å². The van der Waals surface area contributed by atoms with Crippen molar-refractivity contribution in [3.63, 3.8) is 0 Å². The van der Waals surface area contributed by atoms with Gasteiger partial charge in [0.1, 0.15) is 5.82 Å². The van der Waals surface area contributed by atoms with Gasteiger partial charge in [0.15, 0.2) is 11.5 Å². The van der Waals surface area contributed by atoms with Crippen LogP contribution in [0.15, 0.2) is 24.4 Å². The number of rotatable bonds is 5. The van der Waals surface area contributed by atoms with E-state index < -0.39 is 0 Å². The van der Waals surface area contributed by atoms with Gasteiger partial charge in [-0.05, 0) is 23.6 Å². The van der Waals surface area contributed by atoms with E-state index in [0.29, 0.717) is 12.8 Å². The third-order valence-electron chi connectivity index (χ3n) is 3.23. The molecule has 0 saturated carbocycles. The maximum Gasteiger partial charge on any atom is 0.231 e. The summed E-state index contributed by atoms with van der Waals surface area (Å²) in [6.45, 7) is 6.30. The Kier molecular flexibility index (Phi) is 3.60. The molecule has 5 heteroatoms. The Bertz CT molecular complexity index is 613. The first kappa shape index (κ1) is 13.0. The van der Waals surface area contributed by atoms with E-state index in [0.717, 1.165) is 41.2 Å². The average molecular weight is 273 g/mol. The predicted octanol–water partition coefficient (Wildman–Crippen LogP) is 2.37. The minimum absolute atomic E-state index is 0.292. The molecule has 0 amide bonds. The largest absolute Gasteiger partial charge is 0.454 e. The quantitative estimate of drug-likeness (QED) is 0.819. The molecule has 1 aliphatic heterocycles. The molecule has 0 unspecified atom stereocenters. The van der Waals surface area contributed by atoms with Crippen molar-refractivity contribution >= 4 is 16.6 Å². The molecule has 0 aliphatic carbocycles. The summed E-state index contributed by atoms with van der Waals surface area (Å²) in [4.78, 5) is 4.41. The van der Waals surface area contributed by atoms with Crippen LogP contribution in [0.2, 0.25) is 0 Å². The molecule has 5 nitrogen and oxygen atoms in total. The Morgan fingerprint density at radius 2 is 2.00 bits per heavy atom. The lowest BCUT2D eigenvalue weighted by atomic mass is 10.1. The number of nitrogens with one attached hydrogen (secondary N) is 2. The van der Waals surface area contributed by atoms with Crippen LogP contribution >= 0.6 is 0 Å². The van der Waals surface area contributed by atoms with Crippen LogP contribution in [0, 0.1) is 0 Å². The number of hydrogen-bond donors (Lipinski definition) is 2. The lowest BCUT2D eigenvalue weighted by Gasteiger charge is -2.11. The number of hydrogen-bond acceptors (Lipinski definition) is 5. The minimum Gasteiger partial charge on any atom is -0.454 e. The van der Waals surface area contributed by atoms with Crippen molar-refractivity contribution < 1.29 is 9.47 Å². The van der Waals surface area contributed by atoms with Gasteiger partial charge < -0.3 is 20.1 Å². The fourth-order valence-electron chi connectivity index (χ4n) is 2.24. The maximum atomic E-state index is 5.43. The number of aromatic nitrogens is 1. The van der Waals surface area contributed by atoms with Gasteiger partial charge in [0.25, 0.3) is 0 Å².